The van der Waals surface area contributed by atoms with Gasteiger partial charge in [-0.25, -0.2) is 4.79 Å². The highest BCUT2D eigenvalue weighted by atomic mass is 127. The molecule has 0 saturated heterocycles. The molecule has 0 N–H and O–H groups in total. The van der Waals surface area contributed by atoms with Gasteiger partial charge in [0, 0.05) is 3.57 Å². The van der Waals surface area contributed by atoms with Crippen molar-refractivity contribution in [2.75, 3.05) is 0 Å². The number of aliphatic carboxylic acids is 1. The number of esters is 1. The summed E-state index contributed by atoms with van der Waals surface area (Å²) in [6.45, 7) is 1.63. The van der Waals surface area contributed by atoms with E-state index in [9.17, 15) is 23.5 Å². The van der Waals surface area contributed by atoms with Crippen LogP contribution in [0.1, 0.15) is 24.2 Å². The van der Waals surface area contributed by atoms with Gasteiger partial charge < -0.3 is 14.6 Å². The minimum absolute atomic E-state index is 0.0580. The molecule has 104 valence electrons. The number of ether oxygens (including phenoxy) is 1. The lowest BCUT2D eigenvalue weighted by Crippen LogP contribution is -2.57. The molecule has 0 bridgehead atoms. The molecule has 0 spiro atoms. The molecule has 0 radical (unpaired) electrons. The number of carbonyl (C=O) groups is 2. The van der Waals surface area contributed by atoms with Crippen molar-refractivity contribution in [1.82, 2.24) is 0 Å². The zero-order valence-electron chi connectivity index (χ0n) is 10.1. The maximum atomic E-state index is 13.3. The fourth-order valence-corrected chi connectivity index (χ4v) is 1.55. The Balaban J connectivity index is 2.92. The molecule has 1 aromatic rings. The van der Waals surface area contributed by atoms with Crippen LogP contribution in [0.5, 0.6) is 0 Å². The third-order valence-corrected chi connectivity index (χ3v) is 3.16. The molecular formula is C12H10F2IO4-. The predicted octanol–water partition coefficient (Wildman–Crippen LogP) is 1.61. The number of rotatable bonds is 4. The molecule has 1 aromatic carbocycles. The number of hydrogen-bond donors (Lipinski definition) is 0. The third-order valence-electron chi connectivity index (χ3n) is 2.44. The van der Waals surface area contributed by atoms with Gasteiger partial charge in [0.1, 0.15) is 5.97 Å². The highest BCUT2D eigenvalue weighted by Crippen LogP contribution is 2.32. The zero-order chi connectivity index (χ0) is 14.8. The van der Waals surface area contributed by atoms with Crippen molar-refractivity contribution in [3.8, 4) is 0 Å². The topological polar surface area (TPSA) is 66.4 Å². The second-order valence-electron chi connectivity index (χ2n) is 4.27. The normalized spacial score (nSPS) is 12.1. The number of hydrogen-bond acceptors (Lipinski definition) is 4. The van der Waals surface area contributed by atoms with E-state index < -0.39 is 23.5 Å². The van der Waals surface area contributed by atoms with Gasteiger partial charge in [-0.15, -0.1) is 0 Å². The van der Waals surface area contributed by atoms with Gasteiger partial charge in [-0.1, -0.05) is 0 Å². The zero-order valence-corrected chi connectivity index (χ0v) is 12.2. The molecule has 0 saturated carbocycles. The Morgan fingerprint density at radius 2 is 1.68 bits per heavy atom. The minimum atomic E-state index is -4.29. The van der Waals surface area contributed by atoms with Crippen LogP contribution in [0.15, 0.2) is 24.3 Å². The molecule has 1 rings (SSSR count). The SMILES string of the molecule is CC(C)(OC(=O)c1ccc(I)cc1)C(F)(F)C(=O)[O-]. The number of benzene rings is 1. The van der Waals surface area contributed by atoms with Crippen LogP contribution in [0.3, 0.4) is 0 Å². The first-order valence-corrected chi connectivity index (χ1v) is 6.24. The Labute approximate surface area is 121 Å². The average Bonchev–Trinajstić information content (AvgIpc) is 2.28. The standard InChI is InChI=1S/C12H11F2IO4/c1-11(2,12(13,14)10(17)18)19-9(16)7-3-5-8(15)6-4-7/h3-6H,1-2H3,(H,17,18)/p-1. The first-order valence-electron chi connectivity index (χ1n) is 5.16. The Kier molecular flexibility index (Phi) is 4.49. The van der Waals surface area contributed by atoms with Crippen LogP contribution in [-0.2, 0) is 9.53 Å². The van der Waals surface area contributed by atoms with Gasteiger partial charge in [0.15, 0.2) is 5.60 Å². The van der Waals surface area contributed by atoms with Gasteiger partial charge in [-0.2, -0.15) is 8.78 Å². The molecule has 7 heteroatoms. The van der Waals surface area contributed by atoms with Gasteiger partial charge in [0.25, 0.3) is 0 Å². The second-order valence-corrected chi connectivity index (χ2v) is 5.51. The van der Waals surface area contributed by atoms with Crippen molar-refractivity contribution in [2.24, 2.45) is 0 Å². The second kappa shape index (κ2) is 5.40. The molecule has 19 heavy (non-hydrogen) atoms. The molecule has 0 fully saturated rings. The van der Waals surface area contributed by atoms with Crippen molar-refractivity contribution < 1.29 is 28.2 Å². The summed E-state index contributed by atoms with van der Waals surface area (Å²) in [6.07, 6.45) is 0. The van der Waals surface area contributed by atoms with E-state index in [0.29, 0.717) is 0 Å². The first kappa shape index (κ1) is 15.8. The molecule has 0 unspecified atom stereocenters. The Bertz CT molecular complexity index is 497. The molecule has 0 aliphatic rings. The minimum Gasteiger partial charge on any atom is -0.544 e. The summed E-state index contributed by atoms with van der Waals surface area (Å²) in [6, 6.07) is 6.00. The molecule has 0 aliphatic carbocycles. The van der Waals surface area contributed by atoms with Crippen molar-refractivity contribution in [1.29, 1.82) is 0 Å². The van der Waals surface area contributed by atoms with Gasteiger partial charge in [0.05, 0.1) is 5.56 Å². The first-order chi connectivity index (χ1) is 8.58. The number of alkyl halides is 2. The van der Waals surface area contributed by atoms with Crippen LogP contribution in [-0.4, -0.2) is 23.5 Å². The van der Waals surface area contributed by atoms with Crippen LogP contribution in [0, 0.1) is 3.57 Å². The maximum Gasteiger partial charge on any atom is 0.338 e. The monoisotopic (exact) mass is 383 g/mol. The fourth-order valence-electron chi connectivity index (χ4n) is 1.19. The highest BCUT2D eigenvalue weighted by Gasteiger charge is 2.51. The molecular weight excluding hydrogens is 373 g/mol. The summed E-state index contributed by atoms with van der Waals surface area (Å²) in [5.41, 5.74) is -2.45. The van der Waals surface area contributed by atoms with Crippen LogP contribution in [0.2, 0.25) is 0 Å². The third kappa shape index (κ3) is 3.40. The van der Waals surface area contributed by atoms with E-state index in [-0.39, 0.29) is 5.56 Å². The van der Waals surface area contributed by atoms with Crippen LogP contribution in [0.25, 0.3) is 0 Å². The maximum absolute atomic E-state index is 13.3. The summed E-state index contributed by atoms with van der Waals surface area (Å²) in [7, 11) is 0. The summed E-state index contributed by atoms with van der Waals surface area (Å²) < 4.78 is 32.1. The van der Waals surface area contributed by atoms with Crippen LogP contribution in [0.4, 0.5) is 8.78 Å². The number of carbonyl (C=O) groups excluding carboxylic acids is 2. The van der Waals surface area contributed by atoms with Crippen molar-refractivity contribution in [3.63, 3.8) is 0 Å². The summed E-state index contributed by atoms with van der Waals surface area (Å²) in [5.74, 6) is -7.90. The Morgan fingerprint density at radius 1 is 1.21 bits per heavy atom. The van der Waals surface area contributed by atoms with Gasteiger partial charge in [-0.3, -0.25) is 0 Å². The van der Waals surface area contributed by atoms with E-state index in [0.717, 1.165) is 17.4 Å². The quantitative estimate of drug-likeness (QED) is 0.586. The Morgan fingerprint density at radius 3 is 2.11 bits per heavy atom. The van der Waals surface area contributed by atoms with Gasteiger partial charge in [0.2, 0.25) is 0 Å². The van der Waals surface area contributed by atoms with Crippen molar-refractivity contribution >= 4 is 34.5 Å². The van der Waals surface area contributed by atoms with Crippen LogP contribution < -0.4 is 5.11 Å². The highest BCUT2D eigenvalue weighted by molar-refractivity contribution is 14.1. The van der Waals surface area contributed by atoms with Crippen LogP contribution >= 0.6 is 22.6 Å². The number of carboxylic acid groups (broad SMARTS) is 1. The van der Waals surface area contributed by atoms with E-state index in [1.165, 1.54) is 12.1 Å². The molecule has 0 amide bonds. The van der Waals surface area contributed by atoms with Gasteiger partial charge >= 0.3 is 11.9 Å². The summed E-state index contributed by atoms with van der Waals surface area (Å²) >= 11 is 2.01. The molecule has 0 aromatic heterocycles. The molecule has 4 nitrogen and oxygen atoms in total. The summed E-state index contributed by atoms with van der Waals surface area (Å²) in [5, 5.41) is 10.4. The fraction of sp³-hybridized carbons (Fsp3) is 0.333. The predicted molar refractivity (Wildman–Crippen MR) is 68.6 cm³/mol. The number of carboxylic acids is 1. The molecule has 0 aliphatic heterocycles. The molecule has 0 atom stereocenters. The summed E-state index contributed by atoms with van der Waals surface area (Å²) in [4.78, 5) is 22.0. The van der Waals surface area contributed by atoms with E-state index in [1.807, 2.05) is 22.6 Å². The van der Waals surface area contributed by atoms with Crippen molar-refractivity contribution in [3.05, 3.63) is 33.4 Å². The Hall–Kier alpha value is -1.25. The van der Waals surface area contributed by atoms with Gasteiger partial charge in [-0.05, 0) is 60.7 Å². The smallest absolute Gasteiger partial charge is 0.338 e. The van der Waals surface area contributed by atoms with Crippen molar-refractivity contribution in [2.45, 2.75) is 25.4 Å². The van der Waals surface area contributed by atoms with E-state index in [2.05, 4.69) is 4.74 Å². The van der Waals surface area contributed by atoms with E-state index in [4.69, 9.17) is 0 Å². The van der Waals surface area contributed by atoms with E-state index >= 15 is 0 Å². The lowest BCUT2D eigenvalue weighted by Gasteiger charge is -2.33. The largest absolute Gasteiger partial charge is 0.544 e. The lowest BCUT2D eigenvalue weighted by atomic mass is 10.0. The molecule has 0 heterocycles. The van der Waals surface area contributed by atoms with E-state index in [1.54, 1.807) is 12.1 Å². The lowest BCUT2D eigenvalue weighted by molar-refractivity contribution is -0.341. The average molecular weight is 383 g/mol. The number of halogens is 3.